The van der Waals surface area contributed by atoms with Gasteiger partial charge in [0, 0.05) is 51.3 Å². The van der Waals surface area contributed by atoms with E-state index in [4.69, 9.17) is 18.9 Å². The predicted molar refractivity (Wildman–Crippen MR) is 139 cm³/mol. The average Bonchev–Trinajstić information content (AvgIpc) is 2.92. The maximum atomic E-state index is 6.51. The van der Waals surface area contributed by atoms with Crippen molar-refractivity contribution in [3.8, 4) is 23.0 Å². The van der Waals surface area contributed by atoms with Crippen LogP contribution in [0.25, 0.3) is 0 Å². The van der Waals surface area contributed by atoms with Crippen LogP contribution in [-0.2, 0) is 6.54 Å². The van der Waals surface area contributed by atoms with Gasteiger partial charge in [-0.2, -0.15) is 0 Å². The van der Waals surface area contributed by atoms with Gasteiger partial charge in [-0.25, -0.2) is 0 Å². The first-order valence-corrected chi connectivity index (χ1v) is 12.2. The summed E-state index contributed by atoms with van der Waals surface area (Å²) in [4.78, 5) is 5.06. The Morgan fingerprint density at radius 2 is 1.31 bits per heavy atom. The highest BCUT2D eigenvalue weighted by Gasteiger charge is 2.23. The van der Waals surface area contributed by atoms with Gasteiger partial charge >= 0.3 is 0 Å². The normalized spacial score (nSPS) is 15.4. The Bertz CT molecular complexity index is 1030. The van der Waals surface area contributed by atoms with Crippen molar-refractivity contribution in [1.29, 1.82) is 0 Å². The summed E-state index contributed by atoms with van der Waals surface area (Å²) in [5.74, 6) is 3.20. The zero-order valence-corrected chi connectivity index (χ0v) is 21.0. The van der Waals surface area contributed by atoms with Crippen LogP contribution in [-0.4, -0.2) is 63.9 Å². The summed E-state index contributed by atoms with van der Waals surface area (Å²) >= 11 is 0. The minimum absolute atomic E-state index is 0.171. The molecule has 0 radical (unpaired) electrons. The second-order valence-corrected chi connectivity index (χ2v) is 8.78. The number of methoxy groups -OCH3 is 3. The van der Waals surface area contributed by atoms with E-state index < -0.39 is 0 Å². The van der Waals surface area contributed by atoms with Gasteiger partial charge < -0.3 is 23.8 Å². The van der Waals surface area contributed by atoms with Crippen molar-refractivity contribution in [3.05, 3.63) is 83.9 Å². The van der Waals surface area contributed by atoms with E-state index in [-0.39, 0.29) is 6.10 Å². The molecule has 1 aliphatic rings. The fourth-order valence-electron chi connectivity index (χ4n) is 4.50. The highest BCUT2D eigenvalue weighted by atomic mass is 16.5. The van der Waals surface area contributed by atoms with Crippen molar-refractivity contribution < 1.29 is 18.9 Å². The molecule has 3 aromatic carbocycles. The largest absolute Gasteiger partial charge is 0.497 e. The van der Waals surface area contributed by atoms with E-state index in [2.05, 4.69) is 40.1 Å². The lowest BCUT2D eigenvalue weighted by molar-refractivity contribution is 0.106. The van der Waals surface area contributed by atoms with E-state index in [1.807, 2.05) is 42.5 Å². The molecule has 1 unspecified atom stereocenters. The number of ether oxygens (including phenoxy) is 4. The molecule has 6 nitrogen and oxygen atoms in total. The quantitative estimate of drug-likeness (QED) is 0.386. The van der Waals surface area contributed by atoms with E-state index in [0.29, 0.717) is 0 Å². The van der Waals surface area contributed by atoms with Crippen molar-refractivity contribution >= 4 is 0 Å². The van der Waals surface area contributed by atoms with Gasteiger partial charge in [-0.1, -0.05) is 30.3 Å². The molecule has 0 amide bonds. The van der Waals surface area contributed by atoms with Gasteiger partial charge in [0.05, 0.1) is 21.3 Å². The highest BCUT2D eigenvalue weighted by Crippen LogP contribution is 2.35. The Balaban J connectivity index is 1.42. The second-order valence-electron chi connectivity index (χ2n) is 8.78. The zero-order valence-electron chi connectivity index (χ0n) is 21.0. The van der Waals surface area contributed by atoms with Crippen LogP contribution in [0.4, 0.5) is 0 Å². The van der Waals surface area contributed by atoms with E-state index in [9.17, 15) is 0 Å². The molecule has 3 aromatic rings. The number of hydrogen-bond donors (Lipinski definition) is 0. The third-order valence-corrected chi connectivity index (χ3v) is 6.54. The molecule has 4 rings (SSSR count). The topological polar surface area (TPSA) is 43.4 Å². The summed E-state index contributed by atoms with van der Waals surface area (Å²) < 4.78 is 23.0. The van der Waals surface area contributed by atoms with Crippen LogP contribution in [0, 0.1) is 0 Å². The lowest BCUT2D eigenvalue weighted by atomic mass is 10.0. The molecule has 0 aliphatic carbocycles. The number of piperazine rings is 1. The Hall–Kier alpha value is -3.22. The molecule has 1 atom stereocenters. The summed E-state index contributed by atoms with van der Waals surface area (Å²) in [6.07, 6.45) is 0.671. The summed E-state index contributed by atoms with van der Waals surface area (Å²) in [5, 5.41) is 0. The smallest absolute Gasteiger partial charge is 0.129 e. The van der Waals surface area contributed by atoms with E-state index in [0.717, 1.165) is 74.3 Å². The lowest BCUT2D eigenvalue weighted by Gasteiger charge is -2.35. The number of rotatable bonds is 11. The maximum absolute atomic E-state index is 6.51. The van der Waals surface area contributed by atoms with Crippen molar-refractivity contribution in [2.75, 3.05) is 54.1 Å². The summed E-state index contributed by atoms with van der Waals surface area (Å²) in [5.41, 5.74) is 2.37. The molecule has 0 aromatic heterocycles. The minimum Gasteiger partial charge on any atom is -0.497 e. The first-order chi connectivity index (χ1) is 17.2. The van der Waals surface area contributed by atoms with Crippen molar-refractivity contribution in [2.45, 2.75) is 19.1 Å². The first-order valence-electron chi connectivity index (χ1n) is 12.2. The van der Waals surface area contributed by atoms with Crippen LogP contribution in [0.5, 0.6) is 23.0 Å². The van der Waals surface area contributed by atoms with Crippen LogP contribution in [0.15, 0.2) is 72.8 Å². The molecule has 0 N–H and O–H groups in total. The van der Waals surface area contributed by atoms with Gasteiger partial charge in [-0.05, 0) is 48.0 Å². The zero-order chi connectivity index (χ0) is 24.5. The molecular weight excluding hydrogens is 440 g/mol. The SMILES string of the molecule is COc1ccc(OC(CCN2CCN(Cc3ccccc3)CC2)c2cc(OC)ccc2OC)cc1. The Labute approximate surface area is 209 Å². The first kappa shape index (κ1) is 24.9. The fraction of sp³-hybridized carbons (Fsp3) is 0.379. The molecule has 0 spiro atoms. The molecule has 0 bridgehead atoms. The maximum Gasteiger partial charge on any atom is 0.129 e. The summed E-state index contributed by atoms with van der Waals surface area (Å²) in [6.45, 7) is 6.21. The van der Waals surface area contributed by atoms with Gasteiger partial charge in [-0.3, -0.25) is 4.90 Å². The third-order valence-electron chi connectivity index (χ3n) is 6.54. The van der Waals surface area contributed by atoms with Gasteiger partial charge in [0.25, 0.3) is 0 Å². The summed E-state index contributed by atoms with van der Waals surface area (Å²) in [6, 6.07) is 24.3. The van der Waals surface area contributed by atoms with Crippen molar-refractivity contribution in [3.63, 3.8) is 0 Å². The summed E-state index contributed by atoms with van der Waals surface area (Å²) in [7, 11) is 5.04. The van der Waals surface area contributed by atoms with Crippen molar-refractivity contribution in [2.24, 2.45) is 0 Å². The molecule has 35 heavy (non-hydrogen) atoms. The standard InChI is InChI=1S/C29H36N2O4/c1-32-24-9-11-25(12-10-24)35-29(27-21-26(33-2)13-14-28(27)34-3)15-16-30-17-19-31(20-18-30)22-23-7-5-4-6-8-23/h4-14,21,29H,15-20,22H2,1-3H3. The number of hydrogen-bond acceptors (Lipinski definition) is 6. The molecule has 186 valence electrons. The molecule has 1 saturated heterocycles. The van der Waals surface area contributed by atoms with Crippen LogP contribution in [0.1, 0.15) is 23.7 Å². The Morgan fingerprint density at radius 3 is 1.97 bits per heavy atom. The average molecular weight is 477 g/mol. The molecule has 1 fully saturated rings. The molecule has 1 aliphatic heterocycles. The monoisotopic (exact) mass is 476 g/mol. The van der Waals surface area contributed by atoms with Crippen LogP contribution in [0.3, 0.4) is 0 Å². The van der Waals surface area contributed by atoms with Gasteiger partial charge in [-0.15, -0.1) is 0 Å². The van der Waals surface area contributed by atoms with Crippen molar-refractivity contribution in [1.82, 2.24) is 9.80 Å². The number of benzene rings is 3. The van der Waals surface area contributed by atoms with Gasteiger partial charge in [0.1, 0.15) is 29.1 Å². The van der Waals surface area contributed by atoms with Crippen LogP contribution in [0.2, 0.25) is 0 Å². The molecule has 0 saturated carbocycles. The van der Waals surface area contributed by atoms with Crippen LogP contribution >= 0.6 is 0 Å². The minimum atomic E-state index is -0.171. The second kappa shape index (κ2) is 12.5. The fourth-order valence-corrected chi connectivity index (χ4v) is 4.50. The molecule has 6 heteroatoms. The lowest BCUT2D eigenvalue weighted by Crippen LogP contribution is -2.46. The number of nitrogens with zero attached hydrogens (tertiary/aromatic N) is 2. The molecule has 1 heterocycles. The van der Waals surface area contributed by atoms with E-state index in [1.165, 1.54) is 5.56 Å². The Morgan fingerprint density at radius 1 is 0.686 bits per heavy atom. The van der Waals surface area contributed by atoms with E-state index >= 15 is 0 Å². The third kappa shape index (κ3) is 6.90. The van der Waals surface area contributed by atoms with Crippen LogP contribution < -0.4 is 18.9 Å². The van der Waals surface area contributed by atoms with E-state index in [1.54, 1.807) is 21.3 Å². The predicted octanol–water partition coefficient (Wildman–Crippen LogP) is 5.04. The van der Waals surface area contributed by atoms with Gasteiger partial charge in [0.2, 0.25) is 0 Å². The molecular formula is C29H36N2O4. The van der Waals surface area contributed by atoms with Gasteiger partial charge in [0.15, 0.2) is 0 Å². The highest BCUT2D eigenvalue weighted by molar-refractivity contribution is 5.42. The Kier molecular flexibility index (Phi) is 8.87.